The predicted molar refractivity (Wildman–Crippen MR) is 72.9 cm³/mol. The number of hydrogen-bond donors (Lipinski definition) is 2. The zero-order valence-electron chi connectivity index (χ0n) is 10.8. The second-order valence-electron chi connectivity index (χ2n) is 5.01. The van der Waals surface area contributed by atoms with Crippen molar-refractivity contribution in [2.24, 2.45) is 0 Å². The van der Waals surface area contributed by atoms with Crippen molar-refractivity contribution in [1.82, 2.24) is 10.2 Å². The molecule has 3 rings (SSSR count). The molecular formula is C15H16N3O. The summed E-state index contributed by atoms with van der Waals surface area (Å²) in [5.41, 5.74) is 2.01. The lowest BCUT2D eigenvalue weighted by molar-refractivity contribution is -0.117. The van der Waals surface area contributed by atoms with Crippen molar-refractivity contribution in [1.29, 1.82) is 0 Å². The van der Waals surface area contributed by atoms with Crippen LogP contribution in [0.15, 0.2) is 30.3 Å². The van der Waals surface area contributed by atoms with E-state index in [2.05, 4.69) is 21.6 Å². The summed E-state index contributed by atoms with van der Waals surface area (Å²) in [5.74, 6) is 0.922. The summed E-state index contributed by atoms with van der Waals surface area (Å²) < 4.78 is 0. The first-order valence-corrected chi connectivity index (χ1v) is 6.57. The lowest BCUT2D eigenvalue weighted by atomic mass is 10.0. The molecule has 2 aromatic rings. The molecule has 1 aliphatic rings. The van der Waals surface area contributed by atoms with E-state index >= 15 is 0 Å². The van der Waals surface area contributed by atoms with Gasteiger partial charge in [0.2, 0.25) is 5.91 Å². The lowest BCUT2D eigenvalue weighted by Crippen LogP contribution is -2.19. The number of H-pyrrole nitrogens is 1. The fourth-order valence-corrected chi connectivity index (χ4v) is 2.06. The van der Waals surface area contributed by atoms with Gasteiger partial charge in [0.05, 0.1) is 5.92 Å². The van der Waals surface area contributed by atoms with Gasteiger partial charge in [0.15, 0.2) is 5.82 Å². The number of aromatic nitrogens is 2. The summed E-state index contributed by atoms with van der Waals surface area (Å²) in [5, 5.41) is 9.95. The van der Waals surface area contributed by atoms with Gasteiger partial charge >= 0.3 is 0 Å². The Morgan fingerprint density at radius 2 is 2.37 bits per heavy atom. The standard InChI is InChI=1S/C15H16N3O/c1-10(11-5-3-2-4-6-11)15(19)16-14-9-13(17-18-14)12-7-8-12/h2-5,9-10,12H,7-8H2,1H3,(H2,16,17,18,19). The third-order valence-corrected chi connectivity index (χ3v) is 3.46. The molecule has 1 aromatic heterocycles. The molecule has 1 unspecified atom stereocenters. The molecule has 0 bridgehead atoms. The Balaban J connectivity index is 1.66. The van der Waals surface area contributed by atoms with Gasteiger partial charge in [-0.15, -0.1) is 0 Å². The molecule has 2 N–H and O–H groups in total. The van der Waals surface area contributed by atoms with Crippen LogP contribution >= 0.6 is 0 Å². The quantitative estimate of drug-likeness (QED) is 0.881. The van der Waals surface area contributed by atoms with Crippen LogP contribution in [0.1, 0.15) is 42.9 Å². The predicted octanol–water partition coefficient (Wildman–Crippen LogP) is 2.83. The maximum Gasteiger partial charge on any atom is 0.232 e. The highest BCUT2D eigenvalue weighted by Crippen LogP contribution is 2.39. The Bertz CT molecular complexity index is 572. The minimum Gasteiger partial charge on any atom is -0.309 e. The fraction of sp³-hybridized carbons (Fsp3) is 0.333. The second-order valence-corrected chi connectivity index (χ2v) is 5.01. The molecule has 1 fully saturated rings. The van der Waals surface area contributed by atoms with Crippen LogP contribution in [0.5, 0.6) is 0 Å². The minimum atomic E-state index is -0.234. The van der Waals surface area contributed by atoms with E-state index in [9.17, 15) is 4.79 Å². The van der Waals surface area contributed by atoms with E-state index in [1.807, 2.05) is 37.3 Å². The second kappa shape index (κ2) is 4.88. The molecular weight excluding hydrogens is 238 g/mol. The summed E-state index contributed by atoms with van der Waals surface area (Å²) >= 11 is 0. The number of nitrogens with zero attached hydrogens (tertiary/aromatic N) is 1. The number of amides is 1. The topological polar surface area (TPSA) is 57.8 Å². The summed E-state index contributed by atoms with van der Waals surface area (Å²) in [6, 6.07) is 12.5. The van der Waals surface area contributed by atoms with Gasteiger partial charge in [-0.25, -0.2) is 0 Å². The average Bonchev–Trinajstić information content (AvgIpc) is 3.20. The fourth-order valence-electron chi connectivity index (χ4n) is 2.06. The van der Waals surface area contributed by atoms with Crippen LogP contribution in [0.25, 0.3) is 0 Å². The first-order valence-electron chi connectivity index (χ1n) is 6.57. The maximum atomic E-state index is 12.1. The van der Waals surface area contributed by atoms with Crippen molar-refractivity contribution in [3.05, 3.63) is 47.7 Å². The molecule has 1 atom stereocenters. The molecule has 1 heterocycles. The van der Waals surface area contributed by atoms with E-state index < -0.39 is 0 Å². The molecule has 0 saturated heterocycles. The van der Waals surface area contributed by atoms with Gasteiger partial charge in [0.25, 0.3) is 0 Å². The van der Waals surface area contributed by atoms with E-state index in [1.165, 1.54) is 12.8 Å². The normalized spacial score (nSPS) is 16.1. The number of carbonyl (C=O) groups excluding carboxylic acids is 1. The first kappa shape index (κ1) is 12.0. The van der Waals surface area contributed by atoms with Gasteiger partial charge in [-0.05, 0) is 31.4 Å². The van der Waals surface area contributed by atoms with Crippen molar-refractivity contribution in [2.75, 3.05) is 5.32 Å². The van der Waals surface area contributed by atoms with Gasteiger partial charge < -0.3 is 5.32 Å². The van der Waals surface area contributed by atoms with E-state index in [4.69, 9.17) is 0 Å². The van der Waals surface area contributed by atoms with Crippen LogP contribution in [0.2, 0.25) is 0 Å². The lowest BCUT2D eigenvalue weighted by Gasteiger charge is -2.10. The van der Waals surface area contributed by atoms with Crippen molar-refractivity contribution in [3.63, 3.8) is 0 Å². The largest absolute Gasteiger partial charge is 0.309 e. The number of carbonyl (C=O) groups is 1. The van der Waals surface area contributed by atoms with Crippen LogP contribution in [-0.4, -0.2) is 16.1 Å². The van der Waals surface area contributed by atoms with Crippen LogP contribution < -0.4 is 5.32 Å². The van der Waals surface area contributed by atoms with Gasteiger partial charge in [-0.1, -0.05) is 24.3 Å². The van der Waals surface area contributed by atoms with Gasteiger partial charge in [0.1, 0.15) is 0 Å². The molecule has 1 aromatic carbocycles. The van der Waals surface area contributed by atoms with E-state index in [0.29, 0.717) is 11.7 Å². The molecule has 1 aliphatic carbocycles. The number of anilines is 1. The van der Waals surface area contributed by atoms with E-state index in [1.54, 1.807) is 0 Å². The summed E-state index contributed by atoms with van der Waals surface area (Å²) in [7, 11) is 0. The maximum absolute atomic E-state index is 12.1. The highest BCUT2D eigenvalue weighted by Gasteiger charge is 2.26. The Morgan fingerprint density at radius 1 is 1.53 bits per heavy atom. The Hall–Kier alpha value is -2.10. The molecule has 4 heteroatoms. The smallest absolute Gasteiger partial charge is 0.232 e. The molecule has 0 spiro atoms. The van der Waals surface area contributed by atoms with Crippen LogP contribution in [0, 0.1) is 6.07 Å². The SMILES string of the molecule is CC(C(=O)Nc1cc(C2CC2)[nH]n1)c1[c]cccc1. The number of nitrogens with one attached hydrogen (secondary N) is 2. The molecule has 97 valence electrons. The van der Waals surface area contributed by atoms with Gasteiger partial charge in [-0.2, -0.15) is 5.10 Å². The minimum absolute atomic E-state index is 0.0590. The first-order chi connectivity index (χ1) is 9.24. The zero-order chi connectivity index (χ0) is 13.2. The van der Waals surface area contributed by atoms with Gasteiger partial charge in [0, 0.05) is 17.7 Å². The molecule has 0 aliphatic heterocycles. The van der Waals surface area contributed by atoms with E-state index in [0.717, 1.165) is 11.3 Å². The average molecular weight is 254 g/mol. The third kappa shape index (κ3) is 2.67. The molecule has 4 nitrogen and oxygen atoms in total. The monoisotopic (exact) mass is 254 g/mol. The van der Waals surface area contributed by atoms with E-state index in [-0.39, 0.29) is 11.8 Å². The summed E-state index contributed by atoms with van der Waals surface area (Å²) in [6.45, 7) is 1.87. The van der Waals surface area contributed by atoms with Gasteiger partial charge in [-0.3, -0.25) is 9.89 Å². The molecule has 1 amide bonds. The van der Waals surface area contributed by atoms with Crippen LogP contribution in [0.4, 0.5) is 5.82 Å². The molecule has 19 heavy (non-hydrogen) atoms. The van der Waals surface area contributed by atoms with Crippen molar-refractivity contribution in [3.8, 4) is 0 Å². The van der Waals surface area contributed by atoms with Crippen LogP contribution in [-0.2, 0) is 4.79 Å². The highest BCUT2D eigenvalue weighted by molar-refractivity contribution is 5.94. The Labute approximate surface area is 112 Å². The Morgan fingerprint density at radius 3 is 3.05 bits per heavy atom. The molecule has 1 saturated carbocycles. The number of rotatable bonds is 4. The summed E-state index contributed by atoms with van der Waals surface area (Å²) in [4.78, 5) is 12.1. The zero-order valence-corrected chi connectivity index (χ0v) is 10.8. The van der Waals surface area contributed by atoms with Crippen molar-refractivity contribution >= 4 is 11.7 Å². The number of hydrogen-bond acceptors (Lipinski definition) is 2. The van der Waals surface area contributed by atoms with Crippen molar-refractivity contribution in [2.45, 2.75) is 31.6 Å². The highest BCUT2D eigenvalue weighted by atomic mass is 16.1. The Kier molecular flexibility index (Phi) is 3.07. The third-order valence-electron chi connectivity index (χ3n) is 3.46. The van der Waals surface area contributed by atoms with Crippen LogP contribution in [0.3, 0.4) is 0 Å². The van der Waals surface area contributed by atoms with Crippen molar-refractivity contribution < 1.29 is 4.79 Å². The summed E-state index contributed by atoms with van der Waals surface area (Å²) in [6.07, 6.45) is 2.43. The number of benzene rings is 1. The molecule has 1 radical (unpaired) electrons. The number of aromatic amines is 1.